The SMILES string of the molecule is CC(C)c1ccc(C2(O)CC3CCCC(C2)S3)cc1. The molecular weight excluding hydrogens is 252 g/mol. The monoisotopic (exact) mass is 276 g/mol. The molecule has 3 rings (SSSR count). The van der Waals surface area contributed by atoms with Crippen LogP contribution in [0.25, 0.3) is 0 Å². The maximum Gasteiger partial charge on any atom is 0.0917 e. The van der Waals surface area contributed by atoms with Gasteiger partial charge < -0.3 is 5.11 Å². The van der Waals surface area contributed by atoms with E-state index in [1.165, 1.54) is 24.8 Å². The van der Waals surface area contributed by atoms with Gasteiger partial charge in [0.15, 0.2) is 0 Å². The van der Waals surface area contributed by atoms with E-state index in [0.717, 1.165) is 18.4 Å². The standard InChI is InChI=1S/C17H24OS/c1-12(2)13-6-8-14(9-7-13)17(18)10-15-4-3-5-16(11-17)19-15/h6-9,12,15-16,18H,3-5,10-11H2,1-2H3. The van der Waals surface area contributed by atoms with Crippen LogP contribution >= 0.6 is 11.8 Å². The van der Waals surface area contributed by atoms with E-state index in [1.54, 1.807) is 0 Å². The molecule has 2 heteroatoms. The lowest BCUT2D eigenvalue weighted by Gasteiger charge is -2.44. The van der Waals surface area contributed by atoms with Crippen molar-refractivity contribution in [3.8, 4) is 0 Å². The minimum atomic E-state index is -0.573. The summed E-state index contributed by atoms with van der Waals surface area (Å²) in [5, 5.41) is 12.4. The average Bonchev–Trinajstić information content (AvgIpc) is 2.38. The van der Waals surface area contributed by atoms with Gasteiger partial charge in [0.2, 0.25) is 0 Å². The molecule has 19 heavy (non-hydrogen) atoms. The summed E-state index contributed by atoms with van der Waals surface area (Å²) in [4.78, 5) is 0. The molecule has 2 unspecified atom stereocenters. The summed E-state index contributed by atoms with van der Waals surface area (Å²) in [6, 6.07) is 8.69. The zero-order chi connectivity index (χ0) is 13.5. The van der Waals surface area contributed by atoms with E-state index >= 15 is 0 Å². The molecule has 2 aliphatic rings. The maximum atomic E-state index is 11.1. The Morgan fingerprint density at radius 1 is 1.11 bits per heavy atom. The number of hydrogen-bond donors (Lipinski definition) is 1. The molecule has 2 bridgehead atoms. The lowest BCUT2D eigenvalue weighted by atomic mass is 9.80. The van der Waals surface area contributed by atoms with Crippen molar-refractivity contribution in [2.24, 2.45) is 0 Å². The van der Waals surface area contributed by atoms with Gasteiger partial charge in [-0.15, -0.1) is 0 Å². The Balaban J connectivity index is 1.83. The maximum absolute atomic E-state index is 11.1. The van der Waals surface area contributed by atoms with E-state index in [2.05, 4.69) is 49.9 Å². The van der Waals surface area contributed by atoms with Crippen LogP contribution in [0.4, 0.5) is 0 Å². The molecular formula is C17H24OS. The molecule has 2 atom stereocenters. The predicted octanol–water partition coefficient (Wildman–Crippen LogP) is 4.45. The normalized spacial score (nSPS) is 34.5. The smallest absolute Gasteiger partial charge is 0.0917 e. The van der Waals surface area contributed by atoms with Crippen molar-refractivity contribution in [2.45, 2.75) is 68.0 Å². The molecule has 2 fully saturated rings. The first-order valence-electron chi connectivity index (χ1n) is 7.55. The summed E-state index contributed by atoms with van der Waals surface area (Å²) in [5.74, 6) is 0.560. The minimum absolute atomic E-state index is 0.560. The largest absolute Gasteiger partial charge is 0.385 e. The van der Waals surface area contributed by atoms with Gasteiger partial charge in [0.05, 0.1) is 5.60 Å². The number of rotatable bonds is 2. The number of thioether (sulfide) groups is 1. The summed E-state index contributed by atoms with van der Waals surface area (Å²) in [5.41, 5.74) is 1.92. The Kier molecular flexibility index (Phi) is 3.65. The average molecular weight is 276 g/mol. The van der Waals surface area contributed by atoms with Crippen LogP contribution in [0, 0.1) is 0 Å². The predicted molar refractivity (Wildman–Crippen MR) is 82.7 cm³/mol. The van der Waals surface area contributed by atoms with Gasteiger partial charge in [-0.2, -0.15) is 11.8 Å². The van der Waals surface area contributed by atoms with Crippen LogP contribution < -0.4 is 0 Å². The molecule has 1 aromatic rings. The first-order chi connectivity index (χ1) is 9.07. The molecule has 2 heterocycles. The summed E-state index contributed by atoms with van der Waals surface area (Å²) in [7, 11) is 0. The van der Waals surface area contributed by atoms with Gasteiger partial charge in [0.25, 0.3) is 0 Å². The van der Waals surface area contributed by atoms with Crippen molar-refractivity contribution in [3.05, 3.63) is 35.4 Å². The molecule has 2 aliphatic heterocycles. The first kappa shape index (κ1) is 13.5. The third kappa shape index (κ3) is 2.71. The quantitative estimate of drug-likeness (QED) is 0.861. The zero-order valence-corrected chi connectivity index (χ0v) is 12.7. The first-order valence-corrected chi connectivity index (χ1v) is 8.49. The van der Waals surface area contributed by atoms with Gasteiger partial charge in [-0.25, -0.2) is 0 Å². The molecule has 0 spiro atoms. The van der Waals surface area contributed by atoms with Crippen molar-refractivity contribution < 1.29 is 5.11 Å². The number of aliphatic hydroxyl groups is 1. The fourth-order valence-corrected chi connectivity index (χ4v) is 5.43. The Bertz CT molecular complexity index is 425. The van der Waals surface area contributed by atoms with E-state index in [-0.39, 0.29) is 0 Å². The molecule has 0 saturated carbocycles. The second-order valence-electron chi connectivity index (χ2n) is 6.53. The van der Waals surface area contributed by atoms with E-state index in [4.69, 9.17) is 0 Å². The molecule has 2 saturated heterocycles. The number of fused-ring (bicyclic) bond motifs is 2. The summed E-state index contributed by atoms with van der Waals surface area (Å²) in [6.07, 6.45) is 5.80. The van der Waals surface area contributed by atoms with Crippen LogP contribution in [0.1, 0.15) is 63.0 Å². The van der Waals surface area contributed by atoms with E-state index in [0.29, 0.717) is 16.4 Å². The van der Waals surface area contributed by atoms with E-state index in [9.17, 15) is 5.11 Å². The lowest BCUT2D eigenvalue weighted by molar-refractivity contribution is 0.00811. The van der Waals surface area contributed by atoms with Gasteiger partial charge >= 0.3 is 0 Å². The van der Waals surface area contributed by atoms with Crippen LogP contribution in [0.15, 0.2) is 24.3 Å². The third-order valence-corrected chi connectivity index (χ3v) is 6.26. The molecule has 1 nitrogen and oxygen atoms in total. The van der Waals surface area contributed by atoms with E-state index in [1.807, 2.05) is 0 Å². The fourth-order valence-electron chi connectivity index (χ4n) is 3.53. The number of benzene rings is 1. The van der Waals surface area contributed by atoms with Gasteiger partial charge in [0.1, 0.15) is 0 Å². The summed E-state index contributed by atoms with van der Waals surface area (Å²) < 4.78 is 0. The van der Waals surface area contributed by atoms with Crippen LogP contribution in [0.2, 0.25) is 0 Å². The van der Waals surface area contributed by atoms with Gasteiger partial charge in [-0.3, -0.25) is 0 Å². The zero-order valence-electron chi connectivity index (χ0n) is 11.9. The van der Waals surface area contributed by atoms with Crippen LogP contribution in [0.3, 0.4) is 0 Å². The Morgan fingerprint density at radius 3 is 2.21 bits per heavy atom. The highest BCUT2D eigenvalue weighted by atomic mass is 32.2. The molecule has 0 aliphatic carbocycles. The topological polar surface area (TPSA) is 20.2 Å². The lowest BCUT2D eigenvalue weighted by Crippen LogP contribution is -2.40. The van der Waals surface area contributed by atoms with Crippen molar-refractivity contribution in [1.82, 2.24) is 0 Å². The van der Waals surface area contributed by atoms with Gasteiger partial charge in [-0.1, -0.05) is 44.5 Å². The van der Waals surface area contributed by atoms with Crippen molar-refractivity contribution in [3.63, 3.8) is 0 Å². The second-order valence-corrected chi connectivity index (χ2v) is 8.13. The molecule has 0 radical (unpaired) electrons. The highest BCUT2D eigenvalue weighted by Crippen LogP contribution is 2.49. The highest BCUT2D eigenvalue weighted by Gasteiger charge is 2.42. The molecule has 104 valence electrons. The summed E-state index contributed by atoms with van der Waals surface area (Å²) >= 11 is 2.12. The Hall–Kier alpha value is -0.470. The van der Waals surface area contributed by atoms with Crippen LogP contribution in [-0.4, -0.2) is 15.6 Å². The Labute approximate surface area is 120 Å². The second kappa shape index (κ2) is 5.14. The van der Waals surface area contributed by atoms with Gasteiger partial charge in [-0.05, 0) is 42.7 Å². The molecule has 0 amide bonds. The fraction of sp³-hybridized carbons (Fsp3) is 0.647. The molecule has 1 N–H and O–H groups in total. The van der Waals surface area contributed by atoms with Crippen LogP contribution in [0.5, 0.6) is 0 Å². The molecule has 1 aromatic carbocycles. The molecule has 0 aromatic heterocycles. The summed E-state index contributed by atoms with van der Waals surface area (Å²) in [6.45, 7) is 4.43. The highest BCUT2D eigenvalue weighted by molar-refractivity contribution is 8.00. The van der Waals surface area contributed by atoms with Crippen LogP contribution in [-0.2, 0) is 5.60 Å². The minimum Gasteiger partial charge on any atom is -0.385 e. The van der Waals surface area contributed by atoms with Crippen molar-refractivity contribution in [1.29, 1.82) is 0 Å². The third-order valence-electron chi connectivity index (χ3n) is 4.68. The van der Waals surface area contributed by atoms with Crippen molar-refractivity contribution >= 4 is 11.8 Å². The Morgan fingerprint density at radius 2 is 1.68 bits per heavy atom. The van der Waals surface area contributed by atoms with Crippen molar-refractivity contribution in [2.75, 3.05) is 0 Å². The van der Waals surface area contributed by atoms with E-state index < -0.39 is 5.60 Å². The number of hydrogen-bond acceptors (Lipinski definition) is 2. The van der Waals surface area contributed by atoms with Gasteiger partial charge in [0, 0.05) is 10.5 Å².